The smallest absolute Gasteiger partial charge is 0.336 e. The van der Waals surface area contributed by atoms with Gasteiger partial charge in [-0.15, -0.1) is 0 Å². The number of rotatable bonds is 4. The summed E-state index contributed by atoms with van der Waals surface area (Å²) in [7, 11) is 0. The van der Waals surface area contributed by atoms with Gasteiger partial charge >= 0.3 is 5.97 Å². The summed E-state index contributed by atoms with van der Waals surface area (Å²) in [6.07, 6.45) is 1.43. The third-order valence-corrected chi connectivity index (χ3v) is 3.36. The van der Waals surface area contributed by atoms with Gasteiger partial charge in [0.15, 0.2) is 0 Å². The minimum Gasteiger partial charge on any atom is -0.507 e. The zero-order valence-electron chi connectivity index (χ0n) is 12.4. The van der Waals surface area contributed by atoms with Crippen LogP contribution in [-0.2, 0) is 4.79 Å². The number of benzene rings is 2. The highest BCUT2D eigenvalue weighted by atomic mass is 16.4. The highest BCUT2D eigenvalue weighted by Gasteiger charge is 2.15. The monoisotopic (exact) mass is 298 g/mol. The van der Waals surface area contributed by atoms with Crippen LogP contribution in [0.3, 0.4) is 0 Å². The van der Waals surface area contributed by atoms with Gasteiger partial charge in [0.2, 0.25) is 0 Å². The molecule has 2 aromatic rings. The molecule has 0 atom stereocenters. The molecule has 4 nitrogen and oxygen atoms in total. The van der Waals surface area contributed by atoms with E-state index in [2.05, 4.69) is 0 Å². The van der Waals surface area contributed by atoms with Gasteiger partial charge in [-0.25, -0.2) is 4.79 Å². The second-order valence-corrected chi connectivity index (χ2v) is 5.36. The van der Waals surface area contributed by atoms with Gasteiger partial charge in [-0.2, -0.15) is 0 Å². The fourth-order valence-electron chi connectivity index (χ4n) is 2.37. The van der Waals surface area contributed by atoms with Gasteiger partial charge in [0.05, 0.1) is 5.57 Å². The minimum atomic E-state index is -1.07. The van der Waals surface area contributed by atoms with Crippen molar-refractivity contribution in [2.45, 2.75) is 19.8 Å². The third kappa shape index (κ3) is 3.28. The maximum Gasteiger partial charge on any atom is 0.336 e. The van der Waals surface area contributed by atoms with Crippen LogP contribution >= 0.6 is 0 Å². The molecule has 114 valence electrons. The molecule has 0 aliphatic heterocycles. The van der Waals surface area contributed by atoms with Crippen molar-refractivity contribution in [1.82, 2.24) is 0 Å². The largest absolute Gasteiger partial charge is 0.507 e. The van der Waals surface area contributed by atoms with Crippen LogP contribution in [0.1, 0.15) is 36.5 Å². The summed E-state index contributed by atoms with van der Waals surface area (Å²) in [6.45, 7) is 3.72. The number of carboxylic acids is 1. The van der Waals surface area contributed by atoms with Crippen molar-refractivity contribution in [2.24, 2.45) is 0 Å². The predicted octanol–water partition coefficient (Wildman–Crippen LogP) is 3.85. The molecule has 0 spiro atoms. The molecule has 0 radical (unpaired) electrons. The fraction of sp³-hybridized carbons (Fsp3) is 0.167. The van der Waals surface area contributed by atoms with E-state index in [0.29, 0.717) is 16.7 Å². The molecule has 2 rings (SSSR count). The Morgan fingerprint density at radius 2 is 1.59 bits per heavy atom. The first kappa shape index (κ1) is 15.6. The lowest BCUT2D eigenvalue weighted by Crippen LogP contribution is -1.99. The van der Waals surface area contributed by atoms with Crippen molar-refractivity contribution >= 4 is 17.6 Å². The normalized spacial score (nSPS) is 11.7. The molecule has 0 unspecified atom stereocenters. The molecular weight excluding hydrogens is 280 g/mol. The Hall–Kier alpha value is -2.75. The van der Waals surface area contributed by atoms with E-state index in [1.807, 2.05) is 13.8 Å². The molecular formula is C18H18O4. The van der Waals surface area contributed by atoms with Crippen LogP contribution in [0.2, 0.25) is 0 Å². The maximum atomic E-state index is 11.5. The lowest BCUT2D eigenvalue weighted by atomic mass is 9.97. The van der Waals surface area contributed by atoms with Crippen molar-refractivity contribution in [1.29, 1.82) is 0 Å². The molecule has 4 heteroatoms. The second kappa shape index (κ2) is 6.35. The Morgan fingerprint density at radius 1 is 1.05 bits per heavy atom. The SMILES string of the molecule is CC(C)c1c(O)cc(/C=C(\C(=O)O)c2ccccc2)cc1O. The lowest BCUT2D eigenvalue weighted by Gasteiger charge is -2.12. The van der Waals surface area contributed by atoms with Gasteiger partial charge < -0.3 is 15.3 Å². The van der Waals surface area contributed by atoms with E-state index in [1.165, 1.54) is 18.2 Å². The molecule has 0 amide bonds. The molecule has 0 bridgehead atoms. The van der Waals surface area contributed by atoms with Crippen LogP contribution in [0.5, 0.6) is 11.5 Å². The molecule has 0 aromatic heterocycles. The van der Waals surface area contributed by atoms with Gasteiger partial charge in [0.1, 0.15) is 11.5 Å². The Balaban J connectivity index is 2.53. The minimum absolute atomic E-state index is 0.0360. The summed E-state index contributed by atoms with van der Waals surface area (Å²) in [5.41, 5.74) is 1.54. The van der Waals surface area contributed by atoms with Crippen LogP contribution in [0.25, 0.3) is 11.6 Å². The second-order valence-electron chi connectivity index (χ2n) is 5.36. The highest BCUT2D eigenvalue weighted by molar-refractivity contribution is 6.20. The Morgan fingerprint density at radius 3 is 2.05 bits per heavy atom. The number of phenolic OH excluding ortho intramolecular Hbond substituents is 2. The predicted molar refractivity (Wildman–Crippen MR) is 85.8 cm³/mol. The first-order valence-corrected chi connectivity index (χ1v) is 6.96. The molecule has 0 saturated heterocycles. The van der Waals surface area contributed by atoms with Crippen molar-refractivity contribution in [3.05, 3.63) is 59.2 Å². The van der Waals surface area contributed by atoms with Gasteiger partial charge in [0, 0.05) is 5.56 Å². The van der Waals surface area contributed by atoms with E-state index in [-0.39, 0.29) is 23.0 Å². The molecule has 0 fully saturated rings. The quantitative estimate of drug-likeness (QED) is 0.592. The summed E-state index contributed by atoms with van der Waals surface area (Å²) in [5, 5.41) is 29.4. The maximum absolute atomic E-state index is 11.5. The highest BCUT2D eigenvalue weighted by Crippen LogP contribution is 2.35. The zero-order chi connectivity index (χ0) is 16.3. The number of hydrogen-bond acceptors (Lipinski definition) is 3. The standard InChI is InChI=1S/C18H18O4/c1-11(2)17-15(19)9-12(10-16(17)20)8-14(18(21)22)13-6-4-3-5-7-13/h3-11,19-20H,1-2H3,(H,21,22)/b14-8-. The number of aromatic hydroxyl groups is 2. The third-order valence-electron chi connectivity index (χ3n) is 3.36. The Kier molecular flexibility index (Phi) is 4.51. The summed E-state index contributed by atoms with van der Waals surface area (Å²) in [5.74, 6) is -1.19. The van der Waals surface area contributed by atoms with Crippen LogP contribution < -0.4 is 0 Å². The average molecular weight is 298 g/mol. The lowest BCUT2D eigenvalue weighted by molar-refractivity contribution is -0.130. The molecule has 0 aliphatic carbocycles. The van der Waals surface area contributed by atoms with E-state index in [9.17, 15) is 20.1 Å². The summed E-state index contributed by atoms with van der Waals surface area (Å²) in [4.78, 5) is 11.5. The molecule has 0 aliphatic rings. The molecule has 22 heavy (non-hydrogen) atoms. The summed E-state index contributed by atoms with van der Waals surface area (Å²) >= 11 is 0. The van der Waals surface area contributed by atoms with Crippen LogP contribution in [-0.4, -0.2) is 21.3 Å². The van der Waals surface area contributed by atoms with Crippen LogP contribution in [0.15, 0.2) is 42.5 Å². The Bertz CT molecular complexity index is 692. The van der Waals surface area contributed by atoms with Gasteiger partial charge in [-0.05, 0) is 35.3 Å². The van der Waals surface area contributed by atoms with E-state index in [4.69, 9.17) is 0 Å². The van der Waals surface area contributed by atoms with E-state index in [0.717, 1.165) is 0 Å². The van der Waals surface area contributed by atoms with Crippen molar-refractivity contribution in [3.8, 4) is 11.5 Å². The number of aliphatic carboxylic acids is 1. The van der Waals surface area contributed by atoms with E-state index in [1.54, 1.807) is 30.3 Å². The van der Waals surface area contributed by atoms with Crippen LogP contribution in [0.4, 0.5) is 0 Å². The van der Waals surface area contributed by atoms with Gasteiger partial charge in [0.25, 0.3) is 0 Å². The summed E-state index contributed by atoms with van der Waals surface area (Å²) < 4.78 is 0. The van der Waals surface area contributed by atoms with Crippen molar-refractivity contribution in [3.63, 3.8) is 0 Å². The van der Waals surface area contributed by atoms with Crippen molar-refractivity contribution < 1.29 is 20.1 Å². The van der Waals surface area contributed by atoms with E-state index >= 15 is 0 Å². The number of carbonyl (C=O) groups is 1. The van der Waals surface area contributed by atoms with Crippen LogP contribution in [0, 0.1) is 0 Å². The van der Waals surface area contributed by atoms with Crippen molar-refractivity contribution in [2.75, 3.05) is 0 Å². The fourth-order valence-corrected chi connectivity index (χ4v) is 2.37. The average Bonchev–Trinajstić information content (AvgIpc) is 2.44. The zero-order valence-corrected chi connectivity index (χ0v) is 12.4. The number of carboxylic acid groups (broad SMARTS) is 1. The molecule has 3 N–H and O–H groups in total. The first-order valence-electron chi connectivity index (χ1n) is 6.96. The molecule has 2 aromatic carbocycles. The van der Waals surface area contributed by atoms with Gasteiger partial charge in [-0.1, -0.05) is 44.2 Å². The molecule has 0 saturated carbocycles. The first-order chi connectivity index (χ1) is 10.4. The molecule has 0 heterocycles. The number of hydrogen-bond donors (Lipinski definition) is 3. The topological polar surface area (TPSA) is 77.8 Å². The summed E-state index contributed by atoms with van der Waals surface area (Å²) in [6, 6.07) is 11.6. The Labute approximate surface area is 129 Å². The van der Waals surface area contributed by atoms with Gasteiger partial charge in [-0.3, -0.25) is 0 Å². The van der Waals surface area contributed by atoms with E-state index < -0.39 is 5.97 Å². The number of phenols is 2.